The van der Waals surface area contributed by atoms with Gasteiger partial charge in [-0.25, -0.2) is 0 Å². The Labute approximate surface area is 124 Å². The maximum Gasteiger partial charge on any atom is 0.0829 e. The molecule has 118 valence electrons. The number of nitrogens with one attached hydrogen (secondary N) is 1. The Morgan fingerprint density at radius 1 is 1.25 bits per heavy atom. The van der Waals surface area contributed by atoms with Gasteiger partial charge in [-0.05, 0) is 18.9 Å². The zero-order chi connectivity index (χ0) is 14.5. The highest BCUT2D eigenvalue weighted by Gasteiger charge is 2.32. The van der Waals surface area contributed by atoms with Crippen LogP contribution in [0.3, 0.4) is 0 Å². The van der Waals surface area contributed by atoms with Gasteiger partial charge in [-0.2, -0.15) is 0 Å². The quantitative estimate of drug-likeness (QED) is 0.826. The van der Waals surface area contributed by atoms with E-state index in [0.29, 0.717) is 24.1 Å². The van der Waals surface area contributed by atoms with Crippen LogP contribution in [0.4, 0.5) is 0 Å². The molecular weight excluding hydrogens is 250 g/mol. The van der Waals surface area contributed by atoms with Crippen molar-refractivity contribution in [1.29, 1.82) is 0 Å². The normalized spacial score (nSPS) is 33.8. The lowest BCUT2D eigenvalue weighted by Gasteiger charge is -2.44. The average molecular weight is 283 g/mol. The molecule has 3 atom stereocenters. The van der Waals surface area contributed by atoms with Crippen LogP contribution in [-0.4, -0.2) is 73.9 Å². The summed E-state index contributed by atoms with van der Waals surface area (Å²) >= 11 is 0. The van der Waals surface area contributed by atoms with E-state index in [9.17, 15) is 0 Å². The molecule has 3 unspecified atom stereocenters. The fraction of sp³-hybridized carbons (Fsp3) is 1.00. The molecule has 0 saturated carbocycles. The van der Waals surface area contributed by atoms with Crippen LogP contribution in [0.1, 0.15) is 34.1 Å². The van der Waals surface area contributed by atoms with Gasteiger partial charge in [-0.1, -0.05) is 27.7 Å². The van der Waals surface area contributed by atoms with E-state index in [4.69, 9.17) is 4.74 Å². The SMILES string of the molecule is CCC1CN(CC2CN(CC)CCO2)C(C(C)C)CN1. The molecule has 1 N–H and O–H groups in total. The highest BCUT2D eigenvalue weighted by atomic mass is 16.5. The van der Waals surface area contributed by atoms with Gasteiger partial charge in [-0.3, -0.25) is 9.80 Å². The first-order valence-electron chi connectivity index (χ1n) is 8.45. The number of rotatable bonds is 5. The molecule has 0 radical (unpaired) electrons. The van der Waals surface area contributed by atoms with Crippen molar-refractivity contribution in [2.24, 2.45) is 5.92 Å². The number of morpholine rings is 1. The van der Waals surface area contributed by atoms with Gasteiger partial charge in [0.05, 0.1) is 12.7 Å². The zero-order valence-corrected chi connectivity index (χ0v) is 13.8. The molecule has 4 heteroatoms. The molecule has 0 bridgehead atoms. The Balaban J connectivity index is 1.92. The minimum absolute atomic E-state index is 0.389. The standard InChI is InChI=1S/C16H33N3O/c1-5-14-10-19(16(9-17-14)13(3)4)12-15-11-18(6-2)7-8-20-15/h13-17H,5-12H2,1-4H3. The molecule has 0 aromatic heterocycles. The number of ether oxygens (including phenoxy) is 1. The van der Waals surface area contributed by atoms with Gasteiger partial charge in [0.25, 0.3) is 0 Å². The van der Waals surface area contributed by atoms with Crippen molar-refractivity contribution < 1.29 is 4.74 Å². The number of hydrogen-bond donors (Lipinski definition) is 1. The Morgan fingerprint density at radius 3 is 2.70 bits per heavy atom. The second-order valence-corrected chi connectivity index (χ2v) is 6.66. The molecule has 0 spiro atoms. The minimum atomic E-state index is 0.389. The molecule has 4 nitrogen and oxygen atoms in total. The minimum Gasteiger partial charge on any atom is -0.374 e. The lowest BCUT2D eigenvalue weighted by Crippen LogP contribution is -2.60. The third-order valence-electron chi connectivity index (χ3n) is 4.91. The topological polar surface area (TPSA) is 27.7 Å². The zero-order valence-electron chi connectivity index (χ0n) is 13.8. The van der Waals surface area contributed by atoms with Gasteiger partial charge in [0.2, 0.25) is 0 Å². The van der Waals surface area contributed by atoms with Crippen LogP contribution in [0.25, 0.3) is 0 Å². The predicted octanol–water partition coefficient (Wildman–Crippen LogP) is 1.42. The Hall–Kier alpha value is -0.160. The van der Waals surface area contributed by atoms with Crippen molar-refractivity contribution in [1.82, 2.24) is 15.1 Å². The van der Waals surface area contributed by atoms with E-state index in [0.717, 1.165) is 39.3 Å². The largest absolute Gasteiger partial charge is 0.374 e. The molecule has 20 heavy (non-hydrogen) atoms. The number of nitrogens with zero attached hydrogens (tertiary/aromatic N) is 2. The Morgan fingerprint density at radius 2 is 2.05 bits per heavy atom. The molecule has 0 amide bonds. The van der Waals surface area contributed by atoms with Gasteiger partial charge in [0.15, 0.2) is 0 Å². The van der Waals surface area contributed by atoms with Crippen molar-refractivity contribution in [3.8, 4) is 0 Å². The number of hydrogen-bond acceptors (Lipinski definition) is 4. The lowest BCUT2D eigenvalue weighted by atomic mass is 9.97. The van der Waals surface area contributed by atoms with E-state index in [1.807, 2.05) is 0 Å². The molecule has 0 aliphatic carbocycles. The van der Waals surface area contributed by atoms with E-state index in [-0.39, 0.29) is 0 Å². The first-order chi connectivity index (χ1) is 9.63. The molecule has 2 rings (SSSR count). The first kappa shape index (κ1) is 16.2. The summed E-state index contributed by atoms with van der Waals surface area (Å²) in [6.07, 6.45) is 1.61. The number of piperazine rings is 1. The van der Waals surface area contributed by atoms with Crippen LogP contribution in [-0.2, 0) is 4.74 Å². The molecule has 0 aromatic rings. The van der Waals surface area contributed by atoms with E-state index in [1.54, 1.807) is 0 Å². The third kappa shape index (κ3) is 4.17. The lowest BCUT2D eigenvalue weighted by molar-refractivity contribution is -0.0554. The predicted molar refractivity (Wildman–Crippen MR) is 84.1 cm³/mol. The fourth-order valence-corrected chi connectivity index (χ4v) is 3.48. The highest BCUT2D eigenvalue weighted by Crippen LogP contribution is 2.18. The van der Waals surface area contributed by atoms with Crippen LogP contribution < -0.4 is 5.32 Å². The van der Waals surface area contributed by atoms with Crippen molar-refractivity contribution in [2.45, 2.75) is 52.3 Å². The smallest absolute Gasteiger partial charge is 0.0829 e. The Bertz CT molecular complexity index is 285. The molecular formula is C16H33N3O. The van der Waals surface area contributed by atoms with Crippen LogP contribution in [0, 0.1) is 5.92 Å². The monoisotopic (exact) mass is 283 g/mol. The molecule has 2 heterocycles. The maximum absolute atomic E-state index is 6.01. The van der Waals surface area contributed by atoms with Crippen molar-refractivity contribution in [3.05, 3.63) is 0 Å². The average Bonchev–Trinajstić information content (AvgIpc) is 2.47. The molecule has 2 aliphatic rings. The maximum atomic E-state index is 6.01. The molecule has 2 aliphatic heterocycles. The van der Waals surface area contributed by atoms with E-state index in [2.05, 4.69) is 42.8 Å². The van der Waals surface area contributed by atoms with Gasteiger partial charge < -0.3 is 10.1 Å². The van der Waals surface area contributed by atoms with Crippen LogP contribution in [0.15, 0.2) is 0 Å². The van der Waals surface area contributed by atoms with Crippen molar-refractivity contribution >= 4 is 0 Å². The highest BCUT2D eigenvalue weighted by molar-refractivity contribution is 4.89. The summed E-state index contributed by atoms with van der Waals surface area (Å²) in [5.74, 6) is 0.700. The second-order valence-electron chi connectivity index (χ2n) is 6.66. The van der Waals surface area contributed by atoms with Gasteiger partial charge >= 0.3 is 0 Å². The Kier molecular flexibility index (Phi) is 6.27. The summed E-state index contributed by atoms with van der Waals surface area (Å²) in [5, 5.41) is 3.69. The summed E-state index contributed by atoms with van der Waals surface area (Å²) < 4.78 is 6.01. The fourth-order valence-electron chi connectivity index (χ4n) is 3.48. The summed E-state index contributed by atoms with van der Waals surface area (Å²) in [4.78, 5) is 5.19. The van der Waals surface area contributed by atoms with Gasteiger partial charge in [0.1, 0.15) is 0 Å². The van der Waals surface area contributed by atoms with Crippen LogP contribution >= 0.6 is 0 Å². The third-order valence-corrected chi connectivity index (χ3v) is 4.91. The molecule has 0 aromatic carbocycles. The van der Waals surface area contributed by atoms with E-state index < -0.39 is 0 Å². The summed E-state index contributed by atoms with van der Waals surface area (Å²) in [6, 6.07) is 1.30. The van der Waals surface area contributed by atoms with Crippen molar-refractivity contribution in [2.75, 3.05) is 45.9 Å². The van der Waals surface area contributed by atoms with Crippen LogP contribution in [0.2, 0.25) is 0 Å². The van der Waals surface area contributed by atoms with E-state index >= 15 is 0 Å². The van der Waals surface area contributed by atoms with Crippen LogP contribution in [0.5, 0.6) is 0 Å². The first-order valence-corrected chi connectivity index (χ1v) is 8.45. The van der Waals surface area contributed by atoms with Gasteiger partial charge in [0, 0.05) is 44.8 Å². The summed E-state index contributed by atoms with van der Waals surface area (Å²) in [7, 11) is 0. The molecule has 2 fully saturated rings. The van der Waals surface area contributed by atoms with Crippen molar-refractivity contribution in [3.63, 3.8) is 0 Å². The van der Waals surface area contributed by atoms with E-state index in [1.165, 1.54) is 13.0 Å². The second kappa shape index (κ2) is 7.74. The summed E-state index contributed by atoms with van der Waals surface area (Å²) in [5.41, 5.74) is 0. The van der Waals surface area contributed by atoms with Gasteiger partial charge in [-0.15, -0.1) is 0 Å². The number of likely N-dealkylation sites (N-methyl/N-ethyl adjacent to an activating group) is 1. The summed E-state index contributed by atoms with van der Waals surface area (Å²) in [6.45, 7) is 16.8. The molecule has 2 saturated heterocycles.